The van der Waals surface area contributed by atoms with Crippen LogP contribution < -0.4 is 0 Å². The van der Waals surface area contributed by atoms with E-state index < -0.39 is 0 Å². The van der Waals surface area contributed by atoms with Crippen LogP contribution in [0.15, 0.2) is 24.3 Å². The van der Waals surface area contributed by atoms with Crippen LogP contribution in [0.5, 0.6) is 0 Å². The molecule has 5 heteroatoms. The van der Waals surface area contributed by atoms with Crippen molar-refractivity contribution in [2.75, 3.05) is 33.3 Å². The molecule has 1 fully saturated rings. The highest BCUT2D eigenvalue weighted by Gasteiger charge is 2.19. The minimum atomic E-state index is 0.0520. The van der Waals surface area contributed by atoms with E-state index in [2.05, 4.69) is 11.0 Å². The lowest BCUT2D eigenvalue weighted by Crippen LogP contribution is -2.32. The highest BCUT2D eigenvalue weighted by Crippen LogP contribution is 2.17. The first-order valence-corrected chi connectivity index (χ1v) is 8.69. The predicted molar refractivity (Wildman–Crippen MR) is 93.3 cm³/mol. The fourth-order valence-electron chi connectivity index (χ4n) is 2.87. The number of carbonyl (C=O) groups excluding carboxylic acids is 1. The zero-order valence-corrected chi connectivity index (χ0v) is 14.7. The summed E-state index contributed by atoms with van der Waals surface area (Å²) >= 11 is 0. The number of likely N-dealkylation sites (N-methyl/N-ethyl adjacent to an activating group) is 1. The SMILES string of the molecule is CCN(C)C(=O)COC1CCCN(Cc2ccc(C#N)cc2)CC1. The fourth-order valence-corrected chi connectivity index (χ4v) is 2.87. The maximum absolute atomic E-state index is 11.8. The number of likely N-dealkylation sites (tertiary alicyclic amines) is 1. The summed E-state index contributed by atoms with van der Waals surface area (Å²) in [6.45, 7) is 5.78. The molecular formula is C19H27N3O2. The molecule has 1 atom stereocenters. The minimum absolute atomic E-state index is 0.0520. The lowest BCUT2D eigenvalue weighted by molar-refractivity contribution is -0.136. The van der Waals surface area contributed by atoms with Gasteiger partial charge in [-0.15, -0.1) is 0 Å². The van der Waals surface area contributed by atoms with Gasteiger partial charge in [0.05, 0.1) is 17.7 Å². The van der Waals surface area contributed by atoms with Gasteiger partial charge in [0, 0.05) is 26.7 Å². The number of hydrogen-bond acceptors (Lipinski definition) is 4. The van der Waals surface area contributed by atoms with Crippen molar-refractivity contribution in [2.24, 2.45) is 0 Å². The molecule has 24 heavy (non-hydrogen) atoms. The Hall–Kier alpha value is -1.90. The molecule has 2 rings (SSSR count). The van der Waals surface area contributed by atoms with Gasteiger partial charge in [-0.1, -0.05) is 12.1 Å². The molecule has 0 aliphatic carbocycles. The second-order valence-corrected chi connectivity index (χ2v) is 6.36. The van der Waals surface area contributed by atoms with Gasteiger partial charge >= 0.3 is 0 Å². The summed E-state index contributed by atoms with van der Waals surface area (Å²) in [5, 5.41) is 8.85. The van der Waals surface area contributed by atoms with E-state index in [9.17, 15) is 4.79 Å². The van der Waals surface area contributed by atoms with E-state index in [0.717, 1.165) is 38.9 Å². The molecule has 1 aromatic carbocycles. The van der Waals surface area contributed by atoms with Crippen LogP contribution in [-0.4, -0.2) is 55.1 Å². The van der Waals surface area contributed by atoms with Crippen LogP contribution in [0.3, 0.4) is 0 Å². The van der Waals surface area contributed by atoms with Gasteiger partial charge < -0.3 is 9.64 Å². The second kappa shape index (κ2) is 9.41. The summed E-state index contributed by atoms with van der Waals surface area (Å²) in [6, 6.07) is 9.94. The quantitative estimate of drug-likeness (QED) is 0.804. The smallest absolute Gasteiger partial charge is 0.248 e. The molecule has 1 heterocycles. The van der Waals surface area contributed by atoms with Crippen molar-refractivity contribution in [1.82, 2.24) is 9.80 Å². The fraction of sp³-hybridized carbons (Fsp3) is 0.579. The van der Waals surface area contributed by atoms with Crippen LogP contribution in [0.2, 0.25) is 0 Å². The Kier molecular flexibility index (Phi) is 7.23. The van der Waals surface area contributed by atoms with Gasteiger partial charge in [-0.25, -0.2) is 0 Å². The third kappa shape index (κ3) is 5.63. The van der Waals surface area contributed by atoms with Crippen LogP contribution >= 0.6 is 0 Å². The molecule has 1 unspecified atom stereocenters. The number of nitriles is 1. The number of carbonyl (C=O) groups is 1. The average Bonchev–Trinajstić information content (AvgIpc) is 2.84. The van der Waals surface area contributed by atoms with Crippen LogP contribution in [0, 0.1) is 11.3 Å². The molecule has 0 spiro atoms. The molecule has 1 amide bonds. The Labute approximate surface area is 144 Å². The van der Waals surface area contributed by atoms with E-state index in [-0.39, 0.29) is 18.6 Å². The summed E-state index contributed by atoms with van der Waals surface area (Å²) in [6.07, 6.45) is 3.22. The number of hydrogen-bond donors (Lipinski definition) is 0. The van der Waals surface area contributed by atoms with Gasteiger partial charge in [0.1, 0.15) is 6.61 Å². The molecule has 1 aromatic rings. The third-order valence-electron chi connectivity index (χ3n) is 4.60. The van der Waals surface area contributed by atoms with Crippen molar-refractivity contribution < 1.29 is 9.53 Å². The molecule has 5 nitrogen and oxygen atoms in total. The summed E-state index contributed by atoms with van der Waals surface area (Å²) in [5.74, 6) is 0.0520. The van der Waals surface area contributed by atoms with E-state index in [1.807, 2.05) is 31.2 Å². The monoisotopic (exact) mass is 329 g/mol. The Morgan fingerprint density at radius 2 is 2.08 bits per heavy atom. The van der Waals surface area contributed by atoms with Crippen molar-refractivity contribution in [2.45, 2.75) is 38.8 Å². The first-order valence-electron chi connectivity index (χ1n) is 8.69. The molecular weight excluding hydrogens is 302 g/mol. The Morgan fingerprint density at radius 1 is 1.33 bits per heavy atom. The van der Waals surface area contributed by atoms with E-state index in [1.165, 1.54) is 5.56 Å². The summed E-state index contributed by atoms with van der Waals surface area (Å²) in [7, 11) is 1.80. The van der Waals surface area contributed by atoms with Crippen molar-refractivity contribution in [3.63, 3.8) is 0 Å². The molecule has 0 radical (unpaired) electrons. The molecule has 0 aromatic heterocycles. The normalized spacial score (nSPS) is 18.6. The van der Waals surface area contributed by atoms with Gasteiger partial charge in [0.15, 0.2) is 0 Å². The Morgan fingerprint density at radius 3 is 2.75 bits per heavy atom. The second-order valence-electron chi connectivity index (χ2n) is 6.36. The summed E-state index contributed by atoms with van der Waals surface area (Å²) in [4.78, 5) is 15.9. The molecule has 1 aliphatic heterocycles. The summed E-state index contributed by atoms with van der Waals surface area (Å²) < 4.78 is 5.82. The van der Waals surface area contributed by atoms with Gasteiger partial charge in [-0.05, 0) is 50.4 Å². The lowest BCUT2D eigenvalue weighted by atomic mass is 10.1. The largest absolute Gasteiger partial charge is 0.368 e. The maximum Gasteiger partial charge on any atom is 0.248 e. The zero-order valence-electron chi connectivity index (χ0n) is 14.7. The van der Waals surface area contributed by atoms with E-state index in [4.69, 9.17) is 10.00 Å². The van der Waals surface area contributed by atoms with E-state index in [1.54, 1.807) is 11.9 Å². The van der Waals surface area contributed by atoms with Gasteiger partial charge in [0.2, 0.25) is 5.91 Å². The van der Waals surface area contributed by atoms with Gasteiger partial charge in [0.25, 0.3) is 0 Å². The first-order chi connectivity index (χ1) is 11.6. The molecule has 0 saturated carbocycles. The van der Waals surface area contributed by atoms with Crippen LogP contribution in [-0.2, 0) is 16.1 Å². The average molecular weight is 329 g/mol. The Bertz CT molecular complexity index is 565. The molecule has 1 saturated heterocycles. The predicted octanol–water partition coefficient (Wildman–Crippen LogP) is 2.41. The topological polar surface area (TPSA) is 56.6 Å². The molecule has 0 bridgehead atoms. The van der Waals surface area contributed by atoms with Crippen molar-refractivity contribution >= 4 is 5.91 Å². The number of ether oxygens (including phenoxy) is 1. The highest BCUT2D eigenvalue weighted by atomic mass is 16.5. The summed E-state index contributed by atoms with van der Waals surface area (Å²) in [5.41, 5.74) is 1.93. The zero-order chi connectivity index (χ0) is 17.4. The van der Waals surface area contributed by atoms with Crippen molar-refractivity contribution in [3.8, 4) is 6.07 Å². The molecule has 130 valence electrons. The third-order valence-corrected chi connectivity index (χ3v) is 4.60. The Balaban J connectivity index is 1.77. The number of rotatable bonds is 6. The number of amides is 1. The van der Waals surface area contributed by atoms with Crippen LogP contribution in [0.1, 0.15) is 37.3 Å². The molecule has 1 aliphatic rings. The highest BCUT2D eigenvalue weighted by molar-refractivity contribution is 5.77. The van der Waals surface area contributed by atoms with Gasteiger partial charge in [-0.3, -0.25) is 9.69 Å². The first kappa shape index (κ1) is 18.4. The van der Waals surface area contributed by atoms with E-state index in [0.29, 0.717) is 12.1 Å². The van der Waals surface area contributed by atoms with Crippen molar-refractivity contribution in [3.05, 3.63) is 35.4 Å². The number of benzene rings is 1. The van der Waals surface area contributed by atoms with Gasteiger partial charge in [-0.2, -0.15) is 5.26 Å². The maximum atomic E-state index is 11.8. The number of nitrogens with zero attached hydrogens (tertiary/aromatic N) is 3. The standard InChI is InChI=1S/C19H27N3O2/c1-3-21(2)19(23)15-24-18-5-4-11-22(12-10-18)14-17-8-6-16(13-20)7-9-17/h6-9,18H,3-5,10-12,14-15H2,1-2H3. The minimum Gasteiger partial charge on any atom is -0.368 e. The molecule has 0 N–H and O–H groups in total. The lowest BCUT2D eigenvalue weighted by Gasteiger charge is -2.21. The van der Waals surface area contributed by atoms with E-state index >= 15 is 0 Å². The van der Waals surface area contributed by atoms with Crippen molar-refractivity contribution in [1.29, 1.82) is 5.26 Å². The van der Waals surface area contributed by atoms with Crippen LogP contribution in [0.4, 0.5) is 0 Å². The van der Waals surface area contributed by atoms with Crippen LogP contribution in [0.25, 0.3) is 0 Å².